The molecule has 1 aromatic rings. The Morgan fingerprint density at radius 2 is 1.88 bits per heavy atom. The van der Waals surface area contributed by atoms with Gasteiger partial charge in [-0.15, -0.1) is 0 Å². The highest BCUT2D eigenvalue weighted by Gasteiger charge is 2.44. The standard InChI is InChI=1S/C16H25N/c1-3-8-14-11-16(12-14,13-17-4-2)15-9-6-5-7-10-15/h5-7,9-10,14,17H,3-4,8,11-13H2,1-2H3. The summed E-state index contributed by atoms with van der Waals surface area (Å²) in [5.74, 6) is 0.957. The fraction of sp³-hybridized carbons (Fsp3) is 0.625. The van der Waals surface area contributed by atoms with Crippen LogP contribution in [0.1, 0.15) is 45.1 Å². The molecule has 94 valence electrons. The van der Waals surface area contributed by atoms with Gasteiger partial charge in [-0.25, -0.2) is 0 Å². The largest absolute Gasteiger partial charge is 0.316 e. The van der Waals surface area contributed by atoms with Crippen LogP contribution in [0.2, 0.25) is 0 Å². The van der Waals surface area contributed by atoms with Gasteiger partial charge in [-0.05, 0) is 30.9 Å². The molecule has 1 heteroatoms. The first-order chi connectivity index (χ1) is 8.30. The molecule has 0 bridgehead atoms. The normalized spacial score (nSPS) is 27.8. The molecule has 1 aliphatic carbocycles. The first kappa shape index (κ1) is 12.6. The summed E-state index contributed by atoms with van der Waals surface area (Å²) >= 11 is 0. The molecule has 1 fully saturated rings. The Labute approximate surface area is 106 Å². The van der Waals surface area contributed by atoms with Crippen molar-refractivity contribution in [2.45, 2.75) is 44.9 Å². The average molecular weight is 231 g/mol. The third-order valence-corrected chi connectivity index (χ3v) is 4.16. The molecule has 1 N–H and O–H groups in total. The van der Waals surface area contributed by atoms with Crippen LogP contribution in [0.15, 0.2) is 30.3 Å². The lowest BCUT2D eigenvalue weighted by atomic mass is 9.57. The molecule has 0 amide bonds. The Kier molecular flexibility index (Phi) is 4.22. The van der Waals surface area contributed by atoms with Crippen molar-refractivity contribution in [3.8, 4) is 0 Å². The predicted octanol–water partition coefficient (Wildman–Crippen LogP) is 3.74. The number of nitrogens with one attached hydrogen (secondary N) is 1. The van der Waals surface area contributed by atoms with E-state index in [1.165, 1.54) is 31.2 Å². The Hall–Kier alpha value is -0.820. The summed E-state index contributed by atoms with van der Waals surface area (Å²) in [6, 6.07) is 11.1. The highest BCUT2D eigenvalue weighted by atomic mass is 14.9. The zero-order valence-electron chi connectivity index (χ0n) is 11.2. The van der Waals surface area contributed by atoms with E-state index in [9.17, 15) is 0 Å². The van der Waals surface area contributed by atoms with Crippen LogP contribution < -0.4 is 5.32 Å². The summed E-state index contributed by atoms with van der Waals surface area (Å²) in [5.41, 5.74) is 1.96. The van der Waals surface area contributed by atoms with Gasteiger partial charge < -0.3 is 5.32 Å². The van der Waals surface area contributed by atoms with Crippen molar-refractivity contribution in [3.63, 3.8) is 0 Å². The summed E-state index contributed by atoms with van der Waals surface area (Å²) in [6.45, 7) is 6.72. The Balaban J connectivity index is 2.05. The molecule has 0 heterocycles. The van der Waals surface area contributed by atoms with E-state index in [-0.39, 0.29) is 0 Å². The lowest BCUT2D eigenvalue weighted by Crippen LogP contribution is -2.48. The van der Waals surface area contributed by atoms with Crippen LogP contribution in [0.5, 0.6) is 0 Å². The van der Waals surface area contributed by atoms with Gasteiger partial charge in [0.1, 0.15) is 0 Å². The van der Waals surface area contributed by atoms with Crippen molar-refractivity contribution in [2.75, 3.05) is 13.1 Å². The summed E-state index contributed by atoms with van der Waals surface area (Å²) in [6.07, 6.45) is 5.48. The molecule has 0 radical (unpaired) electrons. The quantitative estimate of drug-likeness (QED) is 0.786. The topological polar surface area (TPSA) is 12.0 Å². The molecule has 0 aliphatic heterocycles. The first-order valence-electron chi connectivity index (χ1n) is 7.07. The lowest BCUT2D eigenvalue weighted by molar-refractivity contribution is 0.129. The molecule has 2 rings (SSSR count). The van der Waals surface area contributed by atoms with E-state index < -0.39 is 0 Å². The lowest BCUT2D eigenvalue weighted by Gasteiger charge is -2.49. The average Bonchev–Trinajstić information content (AvgIpc) is 2.33. The van der Waals surface area contributed by atoms with Gasteiger partial charge >= 0.3 is 0 Å². The number of rotatable bonds is 6. The number of hydrogen-bond acceptors (Lipinski definition) is 1. The molecule has 1 saturated carbocycles. The Bertz CT molecular complexity index is 325. The Morgan fingerprint density at radius 3 is 2.47 bits per heavy atom. The predicted molar refractivity (Wildman–Crippen MR) is 74.3 cm³/mol. The summed E-state index contributed by atoms with van der Waals surface area (Å²) in [5, 5.41) is 3.55. The van der Waals surface area contributed by atoms with Crippen LogP contribution in [-0.4, -0.2) is 13.1 Å². The molecule has 1 nitrogen and oxygen atoms in total. The van der Waals surface area contributed by atoms with Gasteiger partial charge in [0.2, 0.25) is 0 Å². The molecule has 17 heavy (non-hydrogen) atoms. The second-order valence-electron chi connectivity index (χ2n) is 5.49. The second-order valence-corrected chi connectivity index (χ2v) is 5.49. The fourth-order valence-electron chi connectivity index (χ4n) is 3.30. The highest BCUT2D eigenvalue weighted by molar-refractivity contribution is 5.29. The zero-order chi connectivity index (χ0) is 12.1. The van der Waals surface area contributed by atoms with Crippen molar-refractivity contribution < 1.29 is 0 Å². The number of hydrogen-bond donors (Lipinski definition) is 1. The van der Waals surface area contributed by atoms with Crippen molar-refractivity contribution >= 4 is 0 Å². The molecule has 0 aromatic heterocycles. The maximum atomic E-state index is 3.55. The van der Waals surface area contributed by atoms with Crippen LogP contribution in [0.4, 0.5) is 0 Å². The summed E-state index contributed by atoms with van der Waals surface area (Å²) in [7, 11) is 0. The summed E-state index contributed by atoms with van der Waals surface area (Å²) in [4.78, 5) is 0. The van der Waals surface area contributed by atoms with Crippen LogP contribution in [0, 0.1) is 5.92 Å². The van der Waals surface area contributed by atoms with Gasteiger partial charge in [0.05, 0.1) is 0 Å². The molecule has 0 spiro atoms. The maximum absolute atomic E-state index is 3.55. The van der Waals surface area contributed by atoms with Crippen molar-refractivity contribution in [2.24, 2.45) is 5.92 Å². The SMILES string of the molecule is CCCC1CC(CNCC)(c2ccccc2)C1. The van der Waals surface area contributed by atoms with Gasteiger partial charge in [-0.3, -0.25) is 0 Å². The highest BCUT2D eigenvalue weighted by Crippen LogP contribution is 2.49. The van der Waals surface area contributed by atoms with E-state index in [4.69, 9.17) is 0 Å². The van der Waals surface area contributed by atoms with Crippen LogP contribution in [0.3, 0.4) is 0 Å². The van der Waals surface area contributed by atoms with Crippen molar-refractivity contribution in [1.82, 2.24) is 5.32 Å². The molecule has 0 atom stereocenters. The maximum Gasteiger partial charge on any atom is 0.00830 e. The smallest absolute Gasteiger partial charge is 0.00830 e. The Morgan fingerprint density at radius 1 is 1.18 bits per heavy atom. The fourth-order valence-corrected chi connectivity index (χ4v) is 3.30. The molecular formula is C16H25N. The number of benzene rings is 1. The zero-order valence-corrected chi connectivity index (χ0v) is 11.2. The minimum atomic E-state index is 0.428. The van der Waals surface area contributed by atoms with E-state index in [2.05, 4.69) is 49.5 Å². The van der Waals surface area contributed by atoms with E-state index in [1.54, 1.807) is 0 Å². The molecule has 0 unspecified atom stereocenters. The molecule has 1 aliphatic rings. The van der Waals surface area contributed by atoms with E-state index in [0.717, 1.165) is 19.0 Å². The monoisotopic (exact) mass is 231 g/mol. The van der Waals surface area contributed by atoms with E-state index in [1.807, 2.05) is 0 Å². The molecular weight excluding hydrogens is 206 g/mol. The second kappa shape index (κ2) is 5.68. The van der Waals surface area contributed by atoms with Gasteiger partial charge in [0.15, 0.2) is 0 Å². The van der Waals surface area contributed by atoms with Gasteiger partial charge in [-0.2, -0.15) is 0 Å². The molecule has 0 saturated heterocycles. The van der Waals surface area contributed by atoms with Crippen LogP contribution in [-0.2, 0) is 5.41 Å². The van der Waals surface area contributed by atoms with Gasteiger partial charge in [0, 0.05) is 12.0 Å². The third kappa shape index (κ3) is 2.71. The van der Waals surface area contributed by atoms with Gasteiger partial charge in [0.25, 0.3) is 0 Å². The van der Waals surface area contributed by atoms with Gasteiger partial charge in [-0.1, -0.05) is 57.0 Å². The van der Waals surface area contributed by atoms with Crippen molar-refractivity contribution in [1.29, 1.82) is 0 Å². The minimum Gasteiger partial charge on any atom is -0.316 e. The van der Waals surface area contributed by atoms with Crippen LogP contribution >= 0.6 is 0 Å². The third-order valence-electron chi connectivity index (χ3n) is 4.16. The minimum absolute atomic E-state index is 0.428. The van der Waals surface area contributed by atoms with Crippen molar-refractivity contribution in [3.05, 3.63) is 35.9 Å². The van der Waals surface area contributed by atoms with E-state index in [0.29, 0.717) is 5.41 Å². The number of likely N-dealkylation sites (N-methyl/N-ethyl adjacent to an activating group) is 1. The summed E-state index contributed by atoms with van der Waals surface area (Å²) < 4.78 is 0. The van der Waals surface area contributed by atoms with E-state index >= 15 is 0 Å². The first-order valence-corrected chi connectivity index (χ1v) is 7.07. The van der Waals surface area contributed by atoms with Crippen LogP contribution in [0.25, 0.3) is 0 Å². The molecule has 1 aromatic carbocycles.